The number of hydrogen-bond acceptors (Lipinski definition) is 4. The first-order valence-electron chi connectivity index (χ1n) is 15.0. The lowest BCUT2D eigenvalue weighted by Gasteiger charge is -2.12. The van der Waals surface area contributed by atoms with E-state index in [9.17, 15) is 0 Å². The molecule has 4 nitrogen and oxygen atoms in total. The first-order valence-corrected chi connectivity index (χ1v) is 15.8. The third kappa shape index (κ3) is 3.65. The number of fused-ring (bicyclic) bond motifs is 9. The molecule has 4 heterocycles. The molecule has 0 saturated heterocycles. The highest BCUT2D eigenvalue weighted by molar-refractivity contribution is 7.25. The third-order valence-corrected chi connectivity index (χ3v) is 9.97. The molecule has 0 fully saturated rings. The highest BCUT2D eigenvalue weighted by atomic mass is 32.1. The van der Waals surface area contributed by atoms with Crippen LogP contribution in [0.2, 0.25) is 0 Å². The molecule has 10 aromatic rings. The van der Waals surface area contributed by atoms with Crippen molar-refractivity contribution in [3.05, 3.63) is 140 Å². The van der Waals surface area contributed by atoms with Crippen LogP contribution in [0.25, 0.3) is 92.4 Å². The normalized spacial score (nSPS) is 12.0. The van der Waals surface area contributed by atoms with Gasteiger partial charge in [0.05, 0.1) is 22.4 Å². The highest BCUT2D eigenvalue weighted by Gasteiger charge is 2.20. The molecule has 4 aromatic heterocycles. The maximum atomic E-state index is 6.47. The van der Waals surface area contributed by atoms with Crippen molar-refractivity contribution in [2.24, 2.45) is 0 Å². The zero-order valence-corrected chi connectivity index (χ0v) is 24.8. The minimum absolute atomic E-state index is 0.629. The molecule has 0 aliphatic rings. The molecular weight excluding hydrogens is 571 g/mol. The summed E-state index contributed by atoms with van der Waals surface area (Å²) in [5, 5.41) is 7.07. The molecule has 0 radical (unpaired) electrons. The SMILES string of the molecule is c1ccc(-c2cc(-c3cccc4c3oc3ccccc34)nc(-n3c4ccccc4c4cc5sc6ccccc6c5cc43)n2)cc1. The molecule has 0 bridgehead atoms. The van der Waals surface area contributed by atoms with Gasteiger partial charge in [-0.3, -0.25) is 4.57 Å². The number of aromatic nitrogens is 3. The van der Waals surface area contributed by atoms with Crippen LogP contribution < -0.4 is 0 Å². The molecule has 0 unspecified atom stereocenters. The van der Waals surface area contributed by atoms with Crippen LogP contribution in [0.15, 0.2) is 144 Å². The van der Waals surface area contributed by atoms with Gasteiger partial charge in [0.25, 0.3) is 0 Å². The van der Waals surface area contributed by atoms with E-state index in [4.69, 9.17) is 14.4 Å². The van der Waals surface area contributed by atoms with E-state index in [-0.39, 0.29) is 0 Å². The second kappa shape index (κ2) is 9.36. The monoisotopic (exact) mass is 593 g/mol. The molecule has 45 heavy (non-hydrogen) atoms. The Kier molecular flexibility index (Phi) is 5.12. The predicted octanol–water partition coefficient (Wildman–Crippen LogP) is 11.2. The molecule has 210 valence electrons. The number of para-hydroxylation sites is 3. The summed E-state index contributed by atoms with van der Waals surface area (Å²) in [6.07, 6.45) is 0. The summed E-state index contributed by atoms with van der Waals surface area (Å²) >= 11 is 1.84. The van der Waals surface area contributed by atoms with Crippen LogP contribution in [0, 0.1) is 0 Å². The summed E-state index contributed by atoms with van der Waals surface area (Å²) < 4.78 is 11.3. The van der Waals surface area contributed by atoms with Crippen LogP contribution in [-0.2, 0) is 0 Å². The van der Waals surface area contributed by atoms with Crippen molar-refractivity contribution in [3.63, 3.8) is 0 Å². The molecule has 0 atom stereocenters. The van der Waals surface area contributed by atoms with Gasteiger partial charge in [-0.1, -0.05) is 97.1 Å². The topological polar surface area (TPSA) is 43.9 Å². The molecule has 0 N–H and O–H groups in total. The summed E-state index contributed by atoms with van der Waals surface area (Å²) in [6.45, 7) is 0. The molecule has 0 saturated carbocycles. The Bertz CT molecular complexity index is 2770. The molecule has 6 aromatic carbocycles. The lowest BCUT2D eigenvalue weighted by Crippen LogP contribution is -2.04. The Morgan fingerprint density at radius 2 is 1.22 bits per heavy atom. The van der Waals surface area contributed by atoms with Crippen LogP contribution in [0.5, 0.6) is 0 Å². The number of furan rings is 1. The van der Waals surface area contributed by atoms with Gasteiger partial charge in [0.1, 0.15) is 11.2 Å². The van der Waals surface area contributed by atoms with Crippen molar-refractivity contribution >= 4 is 75.3 Å². The quantitative estimate of drug-likeness (QED) is 0.205. The van der Waals surface area contributed by atoms with Crippen molar-refractivity contribution in [3.8, 4) is 28.5 Å². The molecule has 0 aliphatic carbocycles. The fraction of sp³-hybridized carbons (Fsp3) is 0. The second-order valence-electron chi connectivity index (χ2n) is 11.4. The second-order valence-corrected chi connectivity index (χ2v) is 12.5. The van der Waals surface area contributed by atoms with Gasteiger partial charge in [0.2, 0.25) is 5.95 Å². The lowest BCUT2D eigenvalue weighted by molar-refractivity contribution is 0.670. The van der Waals surface area contributed by atoms with Crippen LogP contribution in [-0.4, -0.2) is 14.5 Å². The van der Waals surface area contributed by atoms with E-state index in [1.54, 1.807) is 0 Å². The van der Waals surface area contributed by atoms with Crippen LogP contribution in [0.1, 0.15) is 0 Å². The predicted molar refractivity (Wildman–Crippen MR) is 187 cm³/mol. The van der Waals surface area contributed by atoms with E-state index in [1.807, 2.05) is 29.5 Å². The van der Waals surface area contributed by atoms with Crippen molar-refractivity contribution in [1.29, 1.82) is 0 Å². The molecule has 0 amide bonds. The first kappa shape index (κ1) is 24.6. The Morgan fingerprint density at radius 1 is 0.489 bits per heavy atom. The summed E-state index contributed by atoms with van der Waals surface area (Å²) in [4.78, 5) is 10.6. The van der Waals surface area contributed by atoms with Crippen molar-refractivity contribution < 1.29 is 4.42 Å². The fourth-order valence-corrected chi connectivity index (χ4v) is 7.91. The van der Waals surface area contributed by atoms with Gasteiger partial charge in [0.15, 0.2) is 0 Å². The summed E-state index contributed by atoms with van der Waals surface area (Å²) in [7, 11) is 0. The Morgan fingerprint density at radius 3 is 2.13 bits per heavy atom. The Labute approximate surface area is 261 Å². The number of rotatable bonds is 3. The number of hydrogen-bond donors (Lipinski definition) is 0. The molecule has 10 rings (SSSR count). The van der Waals surface area contributed by atoms with Gasteiger partial charge in [-0.25, -0.2) is 9.97 Å². The smallest absolute Gasteiger partial charge is 0.235 e. The minimum Gasteiger partial charge on any atom is -0.455 e. The largest absolute Gasteiger partial charge is 0.455 e. The van der Waals surface area contributed by atoms with Crippen LogP contribution in [0.4, 0.5) is 0 Å². The third-order valence-electron chi connectivity index (χ3n) is 8.84. The van der Waals surface area contributed by atoms with Gasteiger partial charge in [-0.05, 0) is 42.5 Å². The highest BCUT2D eigenvalue weighted by Crippen LogP contribution is 2.41. The van der Waals surface area contributed by atoms with E-state index < -0.39 is 0 Å². The average Bonchev–Trinajstić information content (AvgIpc) is 3.76. The molecule has 5 heteroatoms. The first-order chi connectivity index (χ1) is 22.3. The summed E-state index contributed by atoms with van der Waals surface area (Å²) in [5.41, 5.74) is 7.51. The number of thiophene rings is 1. The van der Waals surface area contributed by atoms with Gasteiger partial charge < -0.3 is 4.42 Å². The van der Waals surface area contributed by atoms with Gasteiger partial charge >= 0.3 is 0 Å². The van der Waals surface area contributed by atoms with E-state index in [1.165, 1.54) is 30.9 Å². The van der Waals surface area contributed by atoms with Crippen molar-refractivity contribution in [2.45, 2.75) is 0 Å². The Hall–Kier alpha value is -5.78. The maximum absolute atomic E-state index is 6.47. The van der Waals surface area contributed by atoms with Gasteiger partial charge in [0, 0.05) is 52.8 Å². The van der Waals surface area contributed by atoms with E-state index in [0.29, 0.717) is 5.95 Å². The molecule has 0 spiro atoms. The zero-order chi connectivity index (χ0) is 29.5. The van der Waals surface area contributed by atoms with Gasteiger partial charge in [-0.2, -0.15) is 0 Å². The zero-order valence-electron chi connectivity index (χ0n) is 23.9. The van der Waals surface area contributed by atoms with Crippen molar-refractivity contribution in [2.75, 3.05) is 0 Å². The molecule has 0 aliphatic heterocycles. The lowest BCUT2D eigenvalue weighted by atomic mass is 10.0. The maximum Gasteiger partial charge on any atom is 0.235 e. The Balaban J connectivity index is 1.31. The standard InChI is InChI=1S/C40H23N3OS/c1-2-11-24(12-3-1)32-23-33(29-17-10-16-28-26-14-5-8-19-36(26)44-39(28)29)42-40(41-32)43-34-18-7-4-13-25(34)30-22-38-31(21-35(30)43)27-15-6-9-20-37(27)45-38/h1-23H. The van der Waals surface area contributed by atoms with Crippen LogP contribution in [0.3, 0.4) is 0 Å². The number of nitrogens with zero attached hydrogens (tertiary/aromatic N) is 3. The average molecular weight is 594 g/mol. The number of benzene rings is 6. The molecular formula is C40H23N3OS. The van der Waals surface area contributed by atoms with Gasteiger partial charge in [-0.15, -0.1) is 11.3 Å². The van der Waals surface area contributed by atoms with E-state index in [2.05, 4.69) is 126 Å². The van der Waals surface area contributed by atoms with E-state index >= 15 is 0 Å². The summed E-state index contributed by atoms with van der Waals surface area (Å²) in [5.74, 6) is 0.629. The fourth-order valence-electron chi connectivity index (χ4n) is 6.78. The van der Waals surface area contributed by atoms with Crippen molar-refractivity contribution in [1.82, 2.24) is 14.5 Å². The van der Waals surface area contributed by atoms with E-state index in [0.717, 1.165) is 55.5 Å². The minimum atomic E-state index is 0.629. The van der Waals surface area contributed by atoms with Crippen LogP contribution >= 0.6 is 11.3 Å². The summed E-state index contributed by atoms with van der Waals surface area (Å²) in [6, 6.07) is 48.8.